The molecular formula is C24H25F6N3O4. The van der Waals surface area contributed by atoms with Crippen LogP contribution in [0.2, 0.25) is 0 Å². The maximum Gasteiger partial charge on any atom is 0.416 e. The third-order valence-corrected chi connectivity index (χ3v) is 6.65. The van der Waals surface area contributed by atoms with Gasteiger partial charge in [0.2, 0.25) is 0 Å². The summed E-state index contributed by atoms with van der Waals surface area (Å²) in [7, 11) is 0. The van der Waals surface area contributed by atoms with E-state index in [1.165, 1.54) is 4.90 Å². The van der Waals surface area contributed by atoms with Crippen molar-refractivity contribution in [2.45, 2.75) is 57.4 Å². The molecular weight excluding hydrogens is 508 g/mol. The van der Waals surface area contributed by atoms with Crippen molar-refractivity contribution in [1.82, 2.24) is 4.90 Å². The van der Waals surface area contributed by atoms with Crippen molar-refractivity contribution in [3.63, 3.8) is 0 Å². The number of piperidine rings is 1. The number of hydrogen-bond acceptors (Lipinski definition) is 5. The van der Waals surface area contributed by atoms with Crippen LogP contribution in [0.3, 0.4) is 0 Å². The van der Waals surface area contributed by atoms with Gasteiger partial charge in [-0.15, -0.1) is 0 Å². The molecule has 4 N–H and O–H groups in total. The van der Waals surface area contributed by atoms with E-state index in [1.807, 2.05) is 0 Å². The largest absolute Gasteiger partial charge is 0.465 e. The number of likely N-dealkylation sites (tertiary alicyclic amines) is 1. The van der Waals surface area contributed by atoms with E-state index in [9.17, 15) is 41.4 Å². The summed E-state index contributed by atoms with van der Waals surface area (Å²) in [4.78, 5) is 14.5. The van der Waals surface area contributed by atoms with Crippen molar-refractivity contribution in [3.05, 3.63) is 47.5 Å². The number of halogens is 6. The van der Waals surface area contributed by atoms with Crippen molar-refractivity contribution in [2.75, 3.05) is 11.4 Å². The fraction of sp³-hybridized carbons (Fsp3) is 0.458. The topological polar surface area (TPSA) is 99.3 Å². The fourth-order valence-electron chi connectivity index (χ4n) is 5.10. The summed E-state index contributed by atoms with van der Waals surface area (Å²) < 4.78 is 85.8. The first-order chi connectivity index (χ1) is 16.9. The molecule has 202 valence electrons. The Morgan fingerprint density at radius 1 is 0.946 bits per heavy atom. The second kappa shape index (κ2) is 8.69. The van der Waals surface area contributed by atoms with Gasteiger partial charge in [0.05, 0.1) is 46.7 Å². The normalized spacial score (nSPS) is 24.3. The summed E-state index contributed by atoms with van der Waals surface area (Å²) in [6.45, 7) is 4.92. The van der Waals surface area contributed by atoms with E-state index in [-0.39, 0.29) is 17.9 Å². The Balaban J connectivity index is 1.89. The Morgan fingerprint density at radius 3 is 1.78 bits per heavy atom. The van der Waals surface area contributed by atoms with Crippen LogP contribution in [0.1, 0.15) is 31.9 Å². The lowest BCUT2D eigenvalue weighted by molar-refractivity contribution is -0.138. The average Bonchev–Trinajstić information content (AvgIpc) is 2.76. The van der Waals surface area contributed by atoms with E-state index >= 15 is 0 Å². The van der Waals surface area contributed by atoms with E-state index in [2.05, 4.69) is 0 Å². The number of ether oxygens (including phenoxy) is 1. The van der Waals surface area contributed by atoms with Gasteiger partial charge in [-0.3, -0.25) is 0 Å². The van der Waals surface area contributed by atoms with Gasteiger partial charge < -0.3 is 30.5 Å². The number of carboxylic acid groups (broad SMARTS) is 1. The first-order valence-electron chi connectivity index (χ1n) is 11.2. The number of fused-ring (bicyclic) bond motifs is 2. The molecule has 2 aromatic carbocycles. The predicted molar refractivity (Wildman–Crippen MR) is 121 cm³/mol. The zero-order valence-corrected chi connectivity index (χ0v) is 19.9. The van der Waals surface area contributed by atoms with Gasteiger partial charge in [0.1, 0.15) is 0 Å². The van der Waals surface area contributed by atoms with Crippen molar-refractivity contribution < 1.29 is 46.1 Å². The highest BCUT2D eigenvalue weighted by Gasteiger charge is 2.51. The van der Waals surface area contributed by atoms with E-state index in [1.54, 1.807) is 20.8 Å². The van der Waals surface area contributed by atoms with E-state index < -0.39 is 70.7 Å². The summed E-state index contributed by atoms with van der Waals surface area (Å²) in [6.07, 6.45) is -12.3. The number of nitrogens with two attached hydrogens (primary N) is 1. The van der Waals surface area contributed by atoms with Crippen molar-refractivity contribution >= 4 is 17.5 Å². The Morgan fingerprint density at radius 2 is 1.41 bits per heavy atom. The minimum Gasteiger partial charge on any atom is -0.465 e. The highest BCUT2D eigenvalue weighted by atomic mass is 19.4. The van der Waals surface area contributed by atoms with Crippen LogP contribution < -0.4 is 15.4 Å². The first kappa shape index (κ1) is 26.9. The molecule has 1 saturated heterocycles. The van der Waals surface area contributed by atoms with Gasteiger partial charge in [0.25, 0.3) is 0 Å². The van der Waals surface area contributed by atoms with E-state index in [0.717, 1.165) is 29.2 Å². The molecule has 13 heteroatoms. The second-order valence-corrected chi connectivity index (χ2v) is 10.2. The van der Waals surface area contributed by atoms with Crippen molar-refractivity contribution in [2.24, 2.45) is 11.1 Å². The van der Waals surface area contributed by atoms with Crippen LogP contribution in [-0.2, 0) is 12.4 Å². The molecule has 7 nitrogen and oxygen atoms in total. The summed E-state index contributed by atoms with van der Waals surface area (Å²) >= 11 is 0. The number of alkyl halides is 6. The minimum atomic E-state index is -4.76. The number of benzene rings is 2. The van der Waals surface area contributed by atoms with Gasteiger partial charge in [-0.1, -0.05) is 20.8 Å². The highest BCUT2D eigenvalue weighted by Crippen LogP contribution is 2.52. The molecule has 0 radical (unpaired) electrons. The second-order valence-electron chi connectivity index (χ2n) is 10.2. The van der Waals surface area contributed by atoms with Gasteiger partial charge >= 0.3 is 18.4 Å². The van der Waals surface area contributed by atoms with Gasteiger partial charge in [0.15, 0.2) is 11.5 Å². The van der Waals surface area contributed by atoms with Crippen LogP contribution in [-0.4, -0.2) is 52.0 Å². The molecule has 2 aliphatic heterocycles. The maximum atomic E-state index is 13.4. The molecule has 0 spiro atoms. The number of aliphatic hydroxyl groups excluding tert-OH is 1. The van der Waals surface area contributed by atoms with Gasteiger partial charge in [0, 0.05) is 6.54 Å². The number of amides is 1. The molecule has 0 bridgehead atoms. The van der Waals surface area contributed by atoms with E-state index in [4.69, 9.17) is 10.5 Å². The standard InChI is InChI=1S/C24H25F6N3O4/c1-22(2,3)20-18(31)19(34)15(10-32(20)21(35)36)33-13-6-4-11(23(25,26)27)8-16(13)37-17-9-12(24(28,29)30)5-7-14(17)33/h4-9,15,18-20,34H,10,31H2,1-3H3,(H,35,36)/t15-,18-,19+,20?/m0/s1. The number of rotatable bonds is 1. The Bertz CT molecular complexity index is 1150. The lowest BCUT2D eigenvalue weighted by atomic mass is 9.75. The van der Waals surface area contributed by atoms with Crippen LogP contribution in [0, 0.1) is 5.41 Å². The third kappa shape index (κ3) is 4.77. The summed E-state index contributed by atoms with van der Waals surface area (Å²) in [5.41, 5.74) is 3.47. The maximum absolute atomic E-state index is 13.4. The fourth-order valence-corrected chi connectivity index (χ4v) is 5.10. The lowest BCUT2D eigenvalue weighted by Gasteiger charge is -2.53. The molecule has 2 heterocycles. The van der Waals surface area contributed by atoms with Crippen LogP contribution in [0.4, 0.5) is 42.5 Å². The van der Waals surface area contributed by atoms with Crippen LogP contribution >= 0.6 is 0 Å². The molecule has 0 aromatic heterocycles. The lowest BCUT2D eigenvalue weighted by Crippen LogP contribution is -2.71. The SMILES string of the molecule is CC(C)(C)C1[C@@H](N)[C@H](O)[C@@H](N2c3ccc(C(F)(F)F)cc3Oc3cc(C(F)(F)F)ccc32)CN1C(=O)O. The predicted octanol–water partition coefficient (Wildman–Crippen LogP) is 5.43. The first-order valence-corrected chi connectivity index (χ1v) is 11.2. The Kier molecular flexibility index (Phi) is 6.31. The van der Waals surface area contributed by atoms with Crippen molar-refractivity contribution in [3.8, 4) is 11.5 Å². The zero-order valence-electron chi connectivity index (χ0n) is 19.9. The molecule has 37 heavy (non-hydrogen) atoms. The van der Waals surface area contributed by atoms with Crippen LogP contribution in [0.5, 0.6) is 11.5 Å². The number of aliphatic hydroxyl groups is 1. The molecule has 4 atom stereocenters. The van der Waals surface area contributed by atoms with Crippen molar-refractivity contribution in [1.29, 1.82) is 0 Å². The zero-order chi connectivity index (χ0) is 27.7. The number of nitrogens with zero attached hydrogens (tertiary/aromatic N) is 2. The van der Waals surface area contributed by atoms with Crippen LogP contribution in [0.25, 0.3) is 0 Å². The number of anilines is 2. The highest BCUT2D eigenvalue weighted by molar-refractivity contribution is 5.80. The smallest absolute Gasteiger partial charge is 0.416 e. The Hall–Kier alpha value is -3.19. The quantitative estimate of drug-likeness (QED) is 0.423. The molecule has 0 aliphatic carbocycles. The van der Waals surface area contributed by atoms with Crippen LogP contribution in [0.15, 0.2) is 36.4 Å². The summed E-state index contributed by atoms with van der Waals surface area (Å²) in [6, 6.07) is 1.87. The third-order valence-electron chi connectivity index (χ3n) is 6.65. The monoisotopic (exact) mass is 533 g/mol. The Labute approximate surface area is 208 Å². The molecule has 1 fully saturated rings. The van der Waals surface area contributed by atoms with Gasteiger partial charge in [-0.05, 0) is 41.8 Å². The molecule has 4 rings (SSSR count). The van der Waals surface area contributed by atoms with Gasteiger partial charge in [-0.2, -0.15) is 26.3 Å². The van der Waals surface area contributed by atoms with E-state index in [0.29, 0.717) is 12.1 Å². The number of hydrogen-bond donors (Lipinski definition) is 3. The summed E-state index contributed by atoms with van der Waals surface area (Å²) in [5, 5.41) is 21.2. The van der Waals surface area contributed by atoms with Gasteiger partial charge in [-0.25, -0.2) is 4.79 Å². The molecule has 1 amide bonds. The minimum absolute atomic E-state index is 0.0102. The molecule has 2 aromatic rings. The molecule has 1 unspecified atom stereocenters. The summed E-state index contributed by atoms with van der Waals surface area (Å²) in [5.74, 6) is -0.801. The molecule has 2 aliphatic rings. The molecule has 0 saturated carbocycles. The number of carbonyl (C=O) groups is 1. The average molecular weight is 533 g/mol.